The molecule has 0 radical (unpaired) electrons. The van der Waals surface area contributed by atoms with Gasteiger partial charge in [0.05, 0.1) is 5.69 Å². The summed E-state index contributed by atoms with van der Waals surface area (Å²) in [6.07, 6.45) is 7.28. The summed E-state index contributed by atoms with van der Waals surface area (Å²) in [6, 6.07) is 0. The lowest BCUT2D eigenvalue weighted by Gasteiger charge is -2.56. The van der Waals surface area contributed by atoms with Gasteiger partial charge in [0.2, 0.25) is 0 Å². The average Bonchev–Trinajstić information content (AvgIpc) is 2.41. The number of hydrogen-bond donors (Lipinski definition) is 2. The van der Waals surface area contributed by atoms with Crippen molar-refractivity contribution in [2.45, 2.75) is 57.9 Å². The minimum absolute atomic E-state index is 0.0676. The van der Waals surface area contributed by atoms with Crippen LogP contribution in [0.4, 0.5) is 0 Å². The van der Waals surface area contributed by atoms with Gasteiger partial charge in [0.15, 0.2) is 0 Å². The van der Waals surface area contributed by atoms with E-state index in [0.29, 0.717) is 11.3 Å². The third-order valence-corrected chi connectivity index (χ3v) is 6.11. The van der Waals surface area contributed by atoms with Gasteiger partial charge >= 0.3 is 0 Å². The minimum atomic E-state index is -0.384. The lowest BCUT2D eigenvalue weighted by molar-refractivity contribution is -0.0167. The first-order valence-corrected chi connectivity index (χ1v) is 8.34. The smallest absolute Gasteiger partial charge is 0.277 e. The van der Waals surface area contributed by atoms with Crippen LogP contribution < -0.4 is 10.9 Å². The number of carbonyl (C=O) groups is 1. The van der Waals surface area contributed by atoms with E-state index in [1.807, 2.05) is 6.92 Å². The Bertz CT molecular complexity index is 656. The number of aromatic nitrogens is 2. The maximum Gasteiger partial charge on any atom is 0.277 e. The lowest BCUT2D eigenvalue weighted by atomic mass is 9.53. The van der Waals surface area contributed by atoms with Crippen LogP contribution in [-0.4, -0.2) is 21.6 Å². The monoisotopic (exact) mass is 301 g/mol. The van der Waals surface area contributed by atoms with Crippen LogP contribution >= 0.6 is 0 Å². The van der Waals surface area contributed by atoms with Crippen LogP contribution in [0.25, 0.3) is 0 Å². The summed E-state index contributed by atoms with van der Waals surface area (Å²) < 4.78 is 0. The maximum atomic E-state index is 12.8. The highest BCUT2D eigenvalue weighted by molar-refractivity contribution is 5.95. The van der Waals surface area contributed by atoms with Gasteiger partial charge in [0, 0.05) is 5.54 Å². The molecule has 5 heteroatoms. The minimum Gasteiger partial charge on any atom is -0.346 e. The molecule has 0 spiro atoms. The molecular formula is C17H23N3O2. The third-order valence-electron chi connectivity index (χ3n) is 6.11. The lowest BCUT2D eigenvalue weighted by Crippen LogP contribution is -2.60. The highest BCUT2D eigenvalue weighted by Gasteiger charge is 2.51. The molecule has 5 nitrogen and oxygen atoms in total. The Hall–Kier alpha value is -1.65. The standard InChI is InChI=1S/C17H23N3O2/c1-9-10(2)19-20-16(22)14(9)15(21)18-17-6-11-3-12(7-17)5-13(4-11)8-17/h11-13H,3-8H2,1-2H3,(H,18,21)(H,20,22). The fourth-order valence-corrected chi connectivity index (χ4v) is 5.47. The molecule has 4 aliphatic rings. The van der Waals surface area contributed by atoms with Crippen LogP contribution in [-0.2, 0) is 0 Å². The van der Waals surface area contributed by atoms with Crippen LogP contribution in [0.15, 0.2) is 4.79 Å². The molecule has 4 saturated carbocycles. The Balaban J connectivity index is 1.63. The second-order valence-electron chi connectivity index (χ2n) is 7.79. The van der Waals surface area contributed by atoms with Crippen molar-refractivity contribution < 1.29 is 4.79 Å². The molecule has 118 valence electrons. The molecule has 5 rings (SSSR count). The Kier molecular flexibility index (Phi) is 2.97. The molecule has 1 aromatic heterocycles. The molecule has 0 aliphatic heterocycles. The first kappa shape index (κ1) is 14.0. The van der Waals surface area contributed by atoms with Crippen LogP contribution in [0, 0.1) is 31.6 Å². The summed E-state index contributed by atoms with van der Waals surface area (Å²) in [7, 11) is 0. The number of nitrogens with one attached hydrogen (secondary N) is 2. The predicted octanol–water partition coefficient (Wildman–Crippen LogP) is 2.09. The molecule has 0 aromatic carbocycles. The zero-order valence-corrected chi connectivity index (χ0v) is 13.2. The molecule has 0 saturated heterocycles. The summed E-state index contributed by atoms with van der Waals surface area (Å²) >= 11 is 0. The van der Waals surface area contributed by atoms with Crippen molar-refractivity contribution in [3.63, 3.8) is 0 Å². The Morgan fingerprint density at radius 1 is 1.14 bits per heavy atom. The molecule has 1 aromatic rings. The van der Waals surface area contributed by atoms with Gasteiger partial charge in [-0.1, -0.05) is 0 Å². The van der Waals surface area contributed by atoms with E-state index in [4.69, 9.17) is 0 Å². The van der Waals surface area contributed by atoms with Crippen molar-refractivity contribution >= 4 is 5.91 Å². The summed E-state index contributed by atoms with van der Waals surface area (Å²) in [5.41, 5.74) is 1.18. The van der Waals surface area contributed by atoms with E-state index in [9.17, 15) is 9.59 Å². The maximum absolute atomic E-state index is 12.8. The van der Waals surface area contributed by atoms with E-state index in [-0.39, 0.29) is 22.6 Å². The van der Waals surface area contributed by atoms with E-state index in [1.54, 1.807) is 6.92 Å². The van der Waals surface area contributed by atoms with Crippen molar-refractivity contribution in [3.8, 4) is 0 Å². The first-order chi connectivity index (χ1) is 10.5. The molecule has 4 fully saturated rings. The Labute approximate surface area is 129 Å². The second kappa shape index (κ2) is 4.67. The van der Waals surface area contributed by atoms with Gasteiger partial charge in [-0.25, -0.2) is 5.10 Å². The number of H-pyrrole nitrogens is 1. The van der Waals surface area contributed by atoms with Gasteiger partial charge in [-0.2, -0.15) is 5.10 Å². The van der Waals surface area contributed by atoms with Crippen LogP contribution in [0.1, 0.15) is 60.1 Å². The molecule has 1 amide bonds. The number of amides is 1. The van der Waals surface area contributed by atoms with Gasteiger partial charge < -0.3 is 5.32 Å². The average molecular weight is 301 g/mol. The van der Waals surface area contributed by atoms with E-state index in [0.717, 1.165) is 37.0 Å². The molecule has 0 atom stereocenters. The number of aryl methyl sites for hydroxylation is 1. The number of carbonyl (C=O) groups excluding carboxylic acids is 1. The molecular weight excluding hydrogens is 278 g/mol. The second-order valence-corrected chi connectivity index (χ2v) is 7.79. The molecule has 1 heterocycles. The molecule has 2 N–H and O–H groups in total. The van der Waals surface area contributed by atoms with Crippen molar-refractivity contribution in [2.24, 2.45) is 17.8 Å². The van der Waals surface area contributed by atoms with Gasteiger partial charge in [0.1, 0.15) is 5.56 Å². The highest BCUT2D eigenvalue weighted by atomic mass is 16.2. The van der Waals surface area contributed by atoms with Gasteiger partial charge in [0.25, 0.3) is 11.5 Å². The molecule has 22 heavy (non-hydrogen) atoms. The molecule has 0 unspecified atom stereocenters. The van der Waals surface area contributed by atoms with Gasteiger partial charge in [-0.05, 0) is 75.7 Å². The molecule has 4 bridgehead atoms. The van der Waals surface area contributed by atoms with Gasteiger partial charge in [-0.15, -0.1) is 0 Å². The van der Waals surface area contributed by atoms with Gasteiger partial charge in [-0.3, -0.25) is 9.59 Å². The van der Waals surface area contributed by atoms with Crippen molar-refractivity contribution in [1.82, 2.24) is 15.5 Å². The van der Waals surface area contributed by atoms with Crippen LogP contribution in [0.2, 0.25) is 0 Å². The summed E-state index contributed by atoms with van der Waals surface area (Å²) in [4.78, 5) is 24.8. The van der Waals surface area contributed by atoms with Crippen LogP contribution in [0.5, 0.6) is 0 Å². The summed E-state index contributed by atoms with van der Waals surface area (Å²) in [6.45, 7) is 3.61. The first-order valence-electron chi connectivity index (χ1n) is 8.34. The largest absolute Gasteiger partial charge is 0.346 e. The fourth-order valence-electron chi connectivity index (χ4n) is 5.47. The van der Waals surface area contributed by atoms with Crippen molar-refractivity contribution in [2.75, 3.05) is 0 Å². The fraction of sp³-hybridized carbons (Fsp3) is 0.706. The Morgan fingerprint density at radius 3 is 2.23 bits per heavy atom. The number of rotatable bonds is 2. The zero-order valence-electron chi connectivity index (χ0n) is 13.2. The predicted molar refractivity (Wildman–Crippen MR) is 82.7 cm³/mol. The summed E-state index contributed by atoms with van der Waals surface area (Å²) in [5, 5.41) is 9.63. The number of nitrogens with zero attached hydrogens (tertiary/aromatic N) is 1. The third kappa shape index (κ3) is 2.09. The topological polar surface area (TPSA) is 74.8 Å². The van der Waals surface area contributed by atoms with E-state index < -0.39 is 0 Å². The van der Waals surface area contributed by atoms with E-state index in [1.165, 1.54) is 19.3 Å². The van der Waals surface area contributed by atoms with Crippen molar-refractivity contribution in [1.29, 1.82) is 0 Å². The summed E-state index contributed by atoms with van der Waals surface area (Å²) in [5.74, 6) is 2.09. The Morgan fingerprint density at radius 2 is 1.68 bits per heavy atom. The SMILES string of the molecule is Cc1n[nH]c(=O)c(C(=O)NC23CC4CC(CC(C4)C2)C3)c1C. The molecule has 4 aliphatic carbocycles. The number of aromatic amines is 1. The normalized spacial score (nSPS) is 35.6. The van der Waals surface area contributed by atoms with E-state index >= 15 is 0 Å². The number of hydrogen-bond acceptors (Lipinski definition) is 3. The quantitative estimate of drug-likeness (QED) is 0.878. The van der Waals surface area contributed by atoms with Crippen molar-refractivity contribution in [3.05, 3.63) is 27.2 Å². The zero-order chi connectivity index (χ0) is 15.5. The highest BCUT2D eigenvalue weighted by Crippen LogP contribution is 2.55. The van der Waals surface area contributed by atoms with Crippen LogP contribution in [0.3, 0.4) is 0 Å². The van der Waals surface area contributed by atoms with E-state index in [2.05, 4.69) is 15.5 Å².